The van der Waals surface area contributed by atoms with Crippen molar-refractivity contribution in [2.45, 2.75) is 20.3 Å². The van der Waals surface area contributed by atoms with Crippen LogP contribution in [0.3, 0.4) is 0 Å². The van der Waals surface area contributed by atoms with Crippen molar-refractivity contribution in [3.63, 3.8) is 0 Å². The maximum atomic E-state index is 12.0. The molecular formula is C16H17Cl2NO5. The molecule has 6 nitrogen and oxygen atoms in total. The lowest BCUT2D eigenvalue weighted by atomic mass is 10.2. The highest BCUT2D eigenvalue weighted by atomic mass is 35.5. The molecule has 1 aromatic rings. The molecule has 1 aromatic carbocycles. The predicted molar refractivity (Wildman–Crippen MR) is 92.5 cm³/mol. The molecule has 0 saturated heterocycles. The summed E-state index contributed by atoms with van der Waals surface area (Å²) in [4.78, 5) is 27.6. The third-order valence-electron chi connectivity index (χ3n) is 2.80. The first kappa shape index (κ1) is 20.0. The number of benzene rings is 1. The van der Waals surface area contributed by atoms with Gasteiger partial charge >= 0.3 is 11.9 Å². The summed E-state index contributed by atoms with van der Waals surface area (Å²) >= 11 is 12.1. The Morgan fingerprint density at radius 2 is 2.00 bits per heavy atom. The maximum Gasteiger partial charge on any atom is 0.342 e. The molecule has 0 saturated carbocycles. The Labute approximate surface area is 149 Å². The first-order chi connectivity index (χ1) is 11.3. The van der Waals surface area contributed by atoms with Gasteiger partial charge in [-0.05, 0) is 25.5 Å². The van der Waals surface area contributed by atoms with Crippen LogP contribution in [-0.2, 0) is 14.3 Å². The number of hydrogen-bond donors (Lipinski definition) is 1. The summed E-state index contributed by atoms with van der Waals surface area (Å²) in [5.74, 6) is -1.66. The molecule has 0 unspecified atom stereocenters. The standard InChI is InChI=1S/C16H17Cl2NO5/c1-4-5-24-16(22)11-6-10(17)7-13(14(11)18)19-8-12(9(2)20)15(21)23-3/h6-8,20H,4-5H2,1-3H3. The van der Waals surface area contributed by atoms with E-state index in [9.17, 15) is 14.7 Å². The molecule has 1 rings (SSSR count). The van der Waals surface area contributed by atoms with Gasteiger partial charge in [-0.25, -0.2) is 9.59 Å². The van der Waals surface area contributed by atoms with Crippen molar-refractivity contribution < 1.29 is 24.2 Å². The first-order valence-electron chi connectivity index (χ1n) is 7.00. The SMILES string of the molecule is CCCOC(=O)c1cc(Cl)cc(N=CC(C(=O)OC)=C(C)O)c1Cl. The Kier molecular flexibility index (Phi) is 7.74. The lowest BCUT2D eigenvalue weighted by Gasteiger charge is -2.08. The van der Waals surface area contributed by atoms with E-state index in [2.05, 4.69) is 9.73 Å². The smallest absolute Gasteiger partial charge is 0.342 e. The number of aliphatic hydroxyl groups is 1. The van der Waals surface area contributed by atoms with E-state index in [-0.39, 0.29) is 39.2 Å². The van der Waals surface area contributed by atoms with E-state index < -0.39 is 11.9 Å². The molecule has 0 fully saturated rings. The van der Waals surface area contributed by atoms with Crippen LogP contribution in [0.5, 0.6) is 0 Å². The predicted octanol–water partition coefficient (Wildman–Crippen LogP) is 4.27. The summed E-state index contributed by atoms with van der Waals surface area (Å²) in [5, 5.41) is 9.76. The molecule has 0 heterocycles. The number of carbonyl (C=O) groups excluding carboxylic acids is 2. The van der Waals surface area contributed by atoms with Gasteiger partial charge in [0.05, 0.1) is 30.0 Å². The quantitative estimate of drug-likeness (QED) is 0.348. The van der Waals surface area contributed by atoms with E-state index in [1.54, 1.807) is 0 Å². The van der Waals surface area contributed by atoms with Gasteiger partial charge in [-0.3, -0.25) is 4.99 Å². The van der Waals surface area contributed by atoms with Crippen LogP contribution < -0.4 is 0 Å². The molecule has 0 spiro atoms. The number of hydrogen-bond acceptors (Lipinski definition) is 6. The molecule has 130 valence electrons. The van der Waals surface area contributed by atoms with Crippen molar-refractivity contribution in [2.24, 2.45) is 4.99 Å². The molecular weight excluding hydrogens is 357 g/mol. The second kappa shape index (κ2) is 9.30. The average molecular weight is 374 g/mol. The number of carbonyl (C=O) groups is 2. The largest absolute Gasteiger partial charge is 0.512 e. The Balaban J connectivity index is 3.24. The second-order valence-electron chi connectivity index (χ2n) is 4.67. The van der Waals surface area contributed by atoms with E-state index >= 15 is 0 Å². The van der Waals surface area contributed by atoms with E-state index in [4.69, 9.17) is 27.9 Å². The lowest BCUT2D eigenvalue weighted by Crippen LogP contribution is -2.08. The fourth-order valence-corrected chi connectivity index (χ4v) is 2.08. The minimum absolute atomic E-state index is 0.0246. The average Bonchev–Trinajstić information content (AvgIpc) is 2.54. The van der Waals surface area contributed by atoms with Crippen molar-refractivity contribution in [2.75, 3.05) is 13.7 Å². The van der Waals surface area contributed by atoms with E-state index in [1.165, 1.54) is 26.2 Å². The van der Waals surface area contributed by atoms with Crippen LogP contribution in [0, 0.1) is 0 Å². The number of nitrogens with zero attached hydrogens (tertiary/aromatic N) is 1. The van der Waals surface area contributed by atoms with Crippen LogP contribution in [-0.4, -0.2) is 37.0 Å². The van der Waals surface area contributed by atoms with Gasteiger partial charge in [0.2, 0.25) is 0 Å². The highest BCUT2D eigenvalue weighted by molar-refractivity contribution is 6.38. The third-order valence-corrected chi connectivity index (χ3v) is 3.42. The monoisotopic (exact) mass is 373 g/mol. The highest BCUT2D eigenvalue weighted by Gasteiger charge is 2.17. The molecule has 24 heavy (non-hydrogen) atoms. The summed E-state index contributed by atoms with van der Waals surface area (Å²) in [7, 11) is 1.17. The third kappa shape index (κ3) is 5.25. The fourth-order valence-electron chi connectivity index (χ4n) is 1.63. The van der Waals surface area contributed by atoms with Crippen LogP contribution in [0.1, 0.15) is 30.6 Å². The van der Waals surface area contributed by atoms with Gasteiger partial charge in [-0.1, -0.05) is 30.1 Å². The molecule has 0 aliphatic rings. The van der Waals surface area contributed by atoms with E-state index in [1.807, 2.05) is 6.92 Å². The summed E-state index contributed by atoms with van der Waals surface area (Å²) in [5.41, 5.74) is 0.0630. The summed E-state index contributed by atoms with van der Waals surface area (Å²) in [6.45, 7) is 3.42. The number of rotatable bonds is 6. The number of esters is 2. The van der Waals surface area contributed by atoms with Crippen LogP contribution in [0.4, 0.5) is 5.69 Å². The molecule has 0 bridgehead atoms. The van der Waals surface area contributed by atoms with Crippen LogP contribution in [0.25, 0.3) is 0 Å². The van der Waals surface area contributed by atoms with Crippen LogP contribution in [0.2, 0.25) is 10.0 Å². The number of allylic oxidation sites excluding steroid dienone is 1. The number of aliphatic imine (C=N–C) groups is 1. The van der Waals surface area contributed by atoms with Gasteiger partial charge in [0.1, 0.15) is 11.3 Å². The number of halogens is 2. The number of ether oxygens (including phenoxy) is 2. The van der Waals surface area contributed by atoms with Gasteiger partial charge < -0.3 is 14.6 Å². The lowest BCUT2D eigenvalue weighted by molar-refractivity contribution is -0.135. The van der Waals surface area contributed by atoms with Gasteiger partial charge in [-0.15, -0.1) is 0 Å². The zero-order valence-electron chi connectivity index (χ0n) is 13.4. The summed E-state index contributed by atoms with van der Waals surface area (Å²) in [6, 6.07) is 2.79. The van der Waals surface area contributed by atoms with Gasteiger partial charge in [0.25, 0.3) is 0 Å². The number of methoxy groups -OCH3 is 1. The highest BCUT2D eigenvalue weighted by Crippen LogP contribution is 2.33. The van der Waals surface area contributed by atoms with E-state index in [0.29, 0.717) is 6.42 Å². The Morgan fingerprint density at radius 3 is 2.54 bits per heavy atom. The van der Waals surface area contributed by atoms with Gasteiger partial charge in [-0.2, -0.15) is 0 Å². The first-order valence-corrected chi connectivity index (χ1v) is 7.75. The van der Waals surface area contributed by atoms with Gasteiger partial charge in [0, 0.05) is 11.2 Å². The molecule has 0 aliphatic carbocycles. The second-order valence-corrected chi connectivity index (χ2v) is 5.49. The summed E-state index contributed by atoms with van der Waals surface area (Å²) in [6.07, 6.45) is 1.75. The minimum atomic E-state index is -0.764. The topological polar surface area (TPSA) is 85.2 Å². The van der Waals surface area contributed by atoms with Crippen LogP contribution in [0.15, 0.2) is 28.5 Å². The van der Waals surface area contributed by atoms with Crippen molar-refractivity contribution in [1.82, 2.24) is 0 Å². The van der Waals surface area contributed by atoms with Crippen molar-refractivity contribution >= 4 is 47.0 Å². The Hall–Kier alpha value is -2.05. The zero-order valence-corrected chi connectivity index (χ0v) is 14.9. The molecule has 0 atom stereocenters. The minimum Gasteiger partial charge on any atom is -0.512 e. The molecule has 8 heteroatoms. The zero-order chi connectivity index (χ0) is 18.3. The molecule has 0 aliphatic heterocycles. The normalized spacial score (nSPS) is 12.0. The van der Waals surface area contributed by atoms with Crippen LogP contribution >= 0.6 is 23.2 Å². The van der Waals surface area contributed by atoms with Crippen molar-refractivity contribution in [3.8, 4) is 0 Å². The van der Waals surface area contributed by atoms with Gasteiger partial charge in [0.15, 0.2) is 0 Å². The van der Waals surface area contributed by atoms with Crippen molar-refractivity contribution in [3.05, 3.63) is 39.1 Å². The molecule has 0 aromatic heterocycles. The fraction of sp³-hybridized carbons (Fsp3) is 0.312. The maximum absolute atomic E-state index is 12.0. The Bertz CT molecular complexity index is 694. The molecule has 0 amide bonds. The summed E-state index contributed by atoms with van der Waals surface area (Å²) < 4.78 is 9.57. The Morgan fingerprint density at radius 1 is 1.33 bits per heavy atom. The molecule has 0 radical (unpaired) electrons. The van der Waals surface area contributed by atoms with E-state index in [0.717, 1.165) is 6.21 Å². The number of aliphatic hydroxyl groups excluding tert-OH is 1. The van der Waals surface area contributed by atoms with Crippen molar-refractivity contribution in [1.29, 1.82) is 0 Å². The molecule has 1 N–H and O–H groups in total.